The first-order valence-corrected chi connectivity index (χ1v) is 9.84. The summed E-state index contributed by atoms with van der Waals surface area (Å²) in [4.78, 5) is 14.6. The molecule has 0 aliphatic rings. The summed E-state index contributed by atoms with van der Waals surface area (Å²) in [6, 6.07) is 10.5. The van der Waals surface area contributed by atoms with Gasteiger partial charge in [-0.1, -0.05) is 13.8 Å². The Morgan fingerprint density at radius 1 is 1.15 bits per heavy atom. The van der Waals surface area contributed by atoms with Crippen molar-refractivity contribution < 1.29 is 0 Å². The van der Waals surface area contributed by atoms with E-state index in [2.05, 4.69) is 69.5 Å². The number of H-pyrrole nitrogens is 1. The van der Waals surface area contributed by atoms with Gasteiger partial charge in [-0.05, 0) is 69.7 Å². The maximum Gasteiger partial charge on any atom is 0.224 e. The van der Waals surface area contributed by atoms with E-state index in [1.54, 1.807) is 6.20 Å². The highest BCUT2D eigenvalue weighted by molar-refractivity contribution is 5.83. The van der Waals surface area contributed by atoms with Crippen LogP contribution in [-0.4, -0.2) is 45.5 Å². The molecule has 27 heavy (non-hydrogen) atoms. The van der Waals surface area contributed by atoms with Crippen LogP contribution >= 0.6 is 0 Å². The van der Waals surface area contributed by atoms with Crippen molar-refractivity contribution in [1.29, 1.82) is 0 Å². The van der Waals surface area contributed by atoms with Gasteiger partial charge in [-0.2, -0.15) is 4.98 Å². The van der Waals surface area contributed by atoms with Crippen LogP contribution in [-0.2, 0) is 0 Å². The Labute approximate surface area is 161 Å². The molecule has 0 saturated carbocycles. The van der Waals surface area contributed by atoms with E-state index in [4.69, 9.17) is 0 Å². The first-order valence-electron chi connectivity index (χ1n) is 9.84. The van der Waals surface area contributed by atoms with Crippen LogP contribution in [0.4, 0.5) is 17.5 Å². The third-order valence-corrected chi connectivity index (χ3v) is 4.86. The van der Waals surface area contributed by atoms with Crippen LogP contribution in [0, 0.1) is 0 Å². The van der Waals surface area contributed by atoms with Gasteiger partial charge in [0.1, 0.15) is 5.82 Å². The fraction of sp³-hybridized carbons (Fsp3) is 0.429. The summed E-state index contributed by atoms with van der Waals surface area (Å²) in [5.74, 6) is 1.45. The van der Waals surface area contributed by atoms with Gasteiger partial charge in [-0.15, -0.1) is 0 Å². The Hall–Kier alpha value is -2.60. The lowest BCUT2D eigenvalue weighted by Crippen LogP contribution is -2.26. The molecule has 0 aliphatic heterocycles. The number of hydrogen-bond donors (Lipinski definition) is 3. The van der Waals surface area contributed by atoms with Gasteiger partial charge >= 0.3 is 0 Å². The molecule has 6 nitrogen and oxygen atoms in total. The quantitative estimate of drug-likeness (QED) is 0.488. The average Bonchev–Trinajstić information content (AvgIpc) is 3.13. The number of benzene rings is 1. The van der Waals surface area contributed by atoms with Crippen molar-refractivity contribution in [2.75, 3.05) is 30.3 Å². The van der Waals surface area contributed by atoms with Crippen LogP contribution in [0.15, 0.2) is 42.7 Å². The zero-order valence-electron chi connectivity index (χ0n) is 16.5. The molecule has 144 valence electrons. The summed E-state index contributed by atoms with van der Waals surface area (Å²) in [7, 11) is 0. The van der Waals surface area contributed by atoms with Crippen molar-refractivity contribution in [3.63, 3.8) is 0 Å². The average molecular weight is 367 g/mol. The zero-order chi connectivity index (χ0) is 19.1. The van der Waals surface area contributed by atoms with Gasteiger partial charge in [-0.25, -0.2) is 4.98 Å². The second kappa shape index (κ2) is 9.37. The maximum atomic E-state index is 4.60. The first kappa shape index (κ1) is 19.2. The van der Waals surface area contributed by atoms with Gasteiger partial charge in [0.05, 0.1) is 0 Å². The minimum Gasteiger partial charge on any atom is -0.361 e. The van der Waals surface area contributed by atoms with Crippen LogP contribution in [0.2, 0.25) is 0 Å². The van der Waals surface area contributed by atoms with Gasteiger partial charge in [0.2, 0.25) is 5.95 Å². The monoisotopic (exact) mass is 366 g/mol. The Bertz CT molecular complexity index is 839. The van der Waals surface area contributed by atoms with E-state index in [0.29, 0.717) is 12.0 Å². The second-order valence-corrected chi connectivity index (χ2v) is 6.88. The normalized spacial score (nSPS) is 12.4. The molecule has 1 unspecified atom stereocenters. The highest BCUT2D eigenvalue weighted by atomic mass is 15.1. The predicted molar refractivity (Wildman–Crippen MR) is 114 cm³/mol. The molecule has 1 aromatic carbocycles. The first-order chi connectivity index (χ1) is 13.2. The van der Waals surface area contributed by atoms with Gasteiger partial charge in [0, 0.05) is 35.0 Å². The van der Waals surface area contributed by atoms with Gasteiger partial charge in [0.25, 0.3) is 0 Å². The molecular formula is C21H30N6. The molecule has 0 amide bonds. The smallest absolute Gasteiger partial charge is 0.224 e. The molecule has 0 fully saturated rings. The van der Waals surface area contributed by atoms with E-state index in [-0.39, 0.29) is 0 Å². The molecule has 2 heterocycles. The second-order valence-electron chi connectivity index (χ2n) is 6.88. The minimum atomic E-state index is 0.340. The summed E-state index contributed by atoms with van der Waals surface area (Å²) in [5.41, 5.74) is 2.14. The Balaban J connectivity index is 1.55. The molecule has 3 N–H and O–H groups in total. The van der Waals surface area contributed by atoms with Crippen molar-refractivity contribution in [1.82, 2.24) is 19.9 Å². The summed E-state index contributed by atoms with van der Waals surface area (Å²) < 4.78 is 0. The van der Waals surface area contributed by atoms with Crippen LogP contribution in [0.25, 0.3) is 10.9 Å². The van der Waals surface area contributed by atoms with E-state index in [1.807, 2.05) is 18.3 Å². The number of rotatable bonds is 10. The number of aromatic amines is 1. The van der Waals surface area contributed by atoms with Crippen molar-refractivity contribution >= 4 is 28.4 Å². The fourth-order valence-electron chi connectivity index (χ4n) is 3.23. The topological polar surface area (TPSA) is 68.9 Å². The molecule has 1 atom stereocenters. The summed E-state index contributed by atoms with van der Waals surface area (Å²) in [6.45, 7) is 9.98. The lowest BCUT2D eigenvalue weighted by atomic mass is 10.2. The van der Waals surface area contributed by atoms with Crippen LogP contribution < -0.4 is 10.6 Å². The lowest BCUT2D eigenvalue weighted by Gasteiger charge is -2.19. The molecule has 0 radical (unpaired) electrons. The molecule has 2 aromatic heterocycles. The van der Waals surface area contributed by atoms with Crippen molar-refractivity contribution in [3.05, 3.63) is 42.7 Å². The van der Waals surface area contributed by atoms with E-state index in [0.717, 1.165) is 43.1 Å². The standard InChI is InChI=1S/C21H30N6/c1-4-27(5-2)14-6-7-16(3)24-21-23-13-11-20(26-21)25-18-8-9-19-17(15-18)10-12-22-19/h8-13,15-16,22H,4-7,14H2,1-3H3,(H2,23,24,25,26). The fourth-order valence-corrected chi connectivity index (χ4v) is 3.23. The number of nitrogens with one attached hydrogen (secondary N) is 3. The number of hydrogen-bond acceptors (Lipinski definition) is 5. The Morgan fingerprint density at radius 2 is 2.00 bits per heavy atom. The summed E-state index contributed by atoms with van der Waals surface area (Å²) in [5, 5.41) is 7.95. The third-order valence-electron chi connectivity index (χ3n) is 4.86. The molecule has 0 bridgehead atoms. The maximum absolute atomic E-state index is 4.60. The number of fused-ring (bicyclic) bond motifs is 1. The third kappa shape index (κ3) is 5.44. The molecule has 3 rings (SSSR count). The van der Waals surface area contributed by atoms with Gasteiger partial charge < -0.3 is 20.5 Å². The Kier molecular flexibility index (Phi) is 6.65. The predicted octanol–water partition coefficient (Wildman–Crippen LogP) is 4.62. The minimum absolute atomic E-state index is 0.340. The van der Waals surface area contributed by atoms with Crippen LogP contribution in [0.1, 0.15) is 33.6 Å². The number of anilines is 3. The van der Waals surface area contributed by atoms with E-state index >= 15 is 0 Å². The molecule has 0 aliphatic carbocycles. The van der Waals surface area contributed by atoms with Crippen molar-refractivity contribution in [2.45, 2.75) is 39.7 Å². The number of nitrogens with zero attached hydrogens (tertiary/aromatic N) is 3. The summed E-state index contributed by atoms with van der Waals surface area (Å²) in [6.07, 6.45) is 6.00. The largest absolute Gasteiger partial charge is 0.361 e. The Morgan fingerprint density at radius 3 is 2.81 bits per heavy atom. The zero-order valence-corrected chi connectivity index (χ0v) is 16.5. The van der Waals surface area contributed by atoms with Crippen molar-refractivity contribution in [2.24, 2.45) is 0 Å². The van der Waals surface area contributed by atoms with Crippen molar-refractivity contribution in [3.8, 4) is 0 Å². The lowest BCUT2D eigenvalue weighted by molar-refractivity contribution is 0.295. The molecular weight excluding hydrogens is 336 g/mol. The molecule has 0 saturated heterocycles. The number of aromatic nitrogens is 3. The SMILES string of the molecule is CCN(CC)CCCC(C)Nc1nccc(Nc2ccc3[nH]ccc3c2)n1. The van der Waals surface area contributed by atoms with E-state index < -0.39 is 0 Å². The van der Waals surface area contributed by atoms with Gasteiger partial charge in [-0.3, -0.25) is 0 Å². The summed E-state index contributed by atoms with van der Waals surface area (Å²) >= 11 is 0. The van der Waals surface area contributed by atoms with Crippen LogP contribution in [0.3, 0.4) is 0 Å². The van der Waals surface area contributed by atoms with E-state index in [1.165, 1.54) is 11.8 Å². The molecule has 0 spiro atoms. The van der Waals surface area contributed by atoms with Crippen LogP contribution in [0.5, 0.6) is 0 Å². The molecule has 3 aromatic rings. The van der Waals surface area contributed by atoms with Gasteiger partial charge in [0.15, 0.2) is 0 Å². The molecule has 6 heteroatoms. The highest BCUT2D eigenvalue weighted by Crippen LogP contribution is 2.21. The highest BCUT2D eigenvalue weighted by Gasteiger charge is 2.07. The van der Waals surface area contributed by atoms with E-state index in [9.17, 15) is 0 Å².